The number of ether oxygens (including phenoxy) is 1. The van der Waals surface area contributed by atoms with Crippen LogP contribution in [-0.2, 0) is 4.79 Å². The second-order valence-electron chi connectivity index (χ2n) is 4.72. The SMILES string of the molecule is Cc1cccc(O[C@H]2CC[C@H](C(=O)NN)CC2)n1. The number of nitrogens with zero attached hydrogens (tertiary/aromatic N) is 1. The molecule has 1 fully saturated rings. The summed E-state index contributed by atoms with van der Waals surface area (Å²) < 4.78 is 5.82. The molecule has 18 heavy (non-hydrogen) atoms. The fraction of sp³-hybridized carbons (Fsp3) is 0.538. The minimum Gasteiger partial charge on any atom is -0.474 e. The Hall–Kier alpha value is -1.62. The molecule has 5 heteroatoms. The van der Waals surface area contributed by atoms with Crippen molar-refractivity contribution in [1.82, 2.24) is 10.4 Å². The molecule has 0 atom stereocenters. The summed E-state index contributed by atoms with van der Waals surface area (Å²) in [7, 11) is 0. The standard InChI is InChI=1S/C13H19N3O2/c1-9-3-2-4-12(15-9)18-11-7-5-10(6-8-11)13(17)16-14/h2-4,10-11H,5-8,14H2,1H3,(H,16,17)/t10-,11-. The van der Waals surface area contributed by atoms with Gasteiger partial charge in [-0.25, -0.2) is 10.8 Å². The highest BCUT2D eigenvalue weighted by molar-refractivity contribution is 5.77. The lowest BCUT2D eigenvalue weighted by Gasteiger charge is -2.27. The van der Waals surface area contributed by atoms with E-state index in [2.05, 4.69) is 10.4 Å². The van der Waals surface area contributed by atoms with Gasteiger partial charge in [0.2, 0.25) is 11.8 Å². The third kappa shape index (κ3) is 3.20. The maximum absolute atomic E-state index is 11.4. The first-order chi connectivity index (χ1) is 8.69. The van der Waals surface area contributed by atoms with Crippen molar-refractivity contribution in [1.29, 1.82) is 0 Å². The predicted molar refractivity (Wildman–Crippen MR) is 67.7 cm³/mol. The van der Waals surface area contributed by atoms with Gasteiger partial charge in [-0.15, -0.1) is 0 Å². The topological polar surface area (TPSA) is 77.2 Å². The average Bonchev–Trinajstić information content (AvgIpc) is 2.39. The third-order valence-electron chi connectivity index (χ3n) is 3.34. The van der Waals surface area contributed by atoms with Crippen LogP contribution >= 0.6 is 0 Å². The molecule has 1 aliphatic rings. The maximum Gasteiger partial charge on any atom is 0.236 e. The highest BCUT2D eigenvalue weighted by Crippen LogP contribution is 2.27. The van der Waals surface area contributed by atoms with E-state index in [1.54, 1.807) is 0 Å². The average molecular weight is 249 g/mol. The summed E-state index contributed by atoms with van der Waals surface area (Å²) in [6.07, 6.45) is 3.53. The zero-order chi connectivity index (χ0) is 13.0. The zero-order valence-corrected chi connectivity index (χ0v) is 10.6. The Labute approximate surface area is 107 Å². The summed E-state index contributed by atoms with van der Waals surface area (Å²) in [4.78, 5) is 15.7. The maximum atomic E-state index is 11.4. The van der Waals surface area contributed by atoms with E-state index in [-0.39, 0.29) is 17.9 Å². The molecule has 3 N–H and O–H groups in total. The number of aromatic nitrogens is 1. The molecule has 2 rings (SSSR count). The van der Waals surface area contributed by atoms with Crippen molar-refractivity contribution >= 4 is 5.91 Å². The van der Waals surface area contributed by atoms with Crippen LogP contribution in [0.3, 0.4) is 0 Å². The predicted octanol–water partition coefficient (Wildman–Crippen LogP) is 1.32. The van der Waals surface area contributed by atoms with Gasteiger partial charge in [-0.05, 0) is 38.7 Å². The van der Waals surface area contributed by atoms with Crippen molar-refractivity contribution in [2.75, 3.05) is 0 Å². The Morgan fingerprint density at radius 2 is 2.11 bits per heavy atom. The van der Waals surface area contributed by atoms with Gasteiger partial charge in [-0.2, -0.15) is 0 Å². The first-order valence-corrected chi connectivity index (χ1v) is 6.30. The van der Waals surface area contributed by atoms with Crippen molar-refractivity contribution in [3.63, 3.8) is 0 Å². The molecule has 1 heterocycles. The van der Waals surface area contributed by atoms with Crippen LogP contribution in [0, 0.1) is 12.8 Å². The molecule has 0 saturated heterocycles. The molecule has 0 bridgehead atoms. The largest absolute Gasteiger partial charge is 0.474 e. The first-order valence-electron chi connectivity index (χ1n) is 6.30. The number of hydrogen-bond acceptors (Lipinski definition) is 4. The number of rotatable bonds is 3. The molecule has 98 valence electrons. The van der Waals surface area contributed by atoms with Gasteiger partial charge in [0.15, 0.2) is 0 Å². The van der Waals surface area contributed by atoms with Gasteiger partial charge in [0, 0.05) is 17.7 Å². The van der Waals surface area contributed by atoms with Crippen molar-refractivity contribution in [2.45, 2.75) is 38.7 Å². The Morgan fingerprint density at radius 3 is 2.72 bits per heavy atom. The molecule has 1 aromatic rings. The van der Waals surface area contributed by atoms with Gasteiger partial charge in [0.05, 0.1) is 0 Å². The highest BCUT2D eigenvalue weighted by Gasteiger charge is 2.26. The van der Waals surface area contributed by atoms with Crippen LogP contribution in [0.4, 0.5) is 0 Å². The van der Waals surface area contributed by atoms with E-state index < -0.39 is 0 Å². The summed E-state index contributed by atoms with van der Waals surface area (Å²) >= 11 is 0. The molecule has 1 amide bonds. The van der Waals surface area contributed by atoms with Gasteiger partial charge < -0.3 is 4.74 Å². The van der Waals surface area contributed by atoms with E-state index in [0.717, 1.165) is 31.4 Å². The minimum atomic E-state index is -0.0675. The lowest BCUT2D eigenvalue weighted by atomic mass is 9.87. The number of amides is 1. The van der Waals surface area contributed by atoms with Crippen LogP contribution in [0.25, 0.3) is 0 Å². The van der Waals surface area contributed by atoms with E-state index in [9.17, 15) is 4.79 Å². The van der Waals surface area contributed by atoms with Crippen LogP contribution in [0.2, 0.25) is 0 Å². The Bertz CT molecular complexity index is 414. The summed E-state index contributed by atoms with van der Waals surface area (Å²) in [5.74, 6) is 5.77. The number of nitrogens with one attached hydrogen (secondary N) is 1. The fourth-order valence-electron chi connectivity index (χ4n) is 2.32. The lowest BCUT2D eigenvalue weighted by Crippen LogP contribution is -2.38. The molecule has 1 aromatic heterocycles. The third-order valence-corrected chi connectivity index (χ3v) is 3.34. The number of carbonyl (C=O) groups is 1. The monoisotopic (exact) mass is 249 g/mol. The smallest absolute Gasteiger partial charge is 0.236 e. The quantitative estimate of drug-likeness (QED) is 0.481. The van der Waals surface area contributed by atoms with Crippen LogP contribution < -0.4 is 16.0 Å². The Balaban J connectivity index is 1.85. The van der Waals surface area contributed by atoms with E-state index in [1.807, 2.05) is 25.1 Å². The lowest BCUT2D eigenvalue weighted by molar-refractivity contribution is -0.126. The molecular formula is C13H19N3O2. The number of aryl methyl sites for hydroxylation is 1. The van der Waals surface area contributed by atoms with E-state index in [4.69, 9.17) is 10.6 Å². The van der Waals surface area contributed by atoms with Gasteiger partial charge in [-0.1, -0.05) is 6.07 Å². The molecule has 0 aliphatic heterocycles. The van der Waals surface area contributed by atoms with E-state index >= 15 is 0 Å². The molecule has 0 radical (unpaired) electrons. The minimum absolute atomic E-state index is 0.0281. The van der Waals surface area contributed by atoms with Gasteiger partial charge >= 0.3 is 0 Å². The number of hydrogen-bond donors (Lipinski definition) is 2. The second-order valence-corrected chi connectivity index (χ2v) is 4.72. The van der Waals surface area contributed by atoms with E-state index in [1.165, 1.54) is 0 Å². The summed E-state index contributed by atoms with van der Waals surface area (Å²) in [5.41, 5.74) is 3.16. The molecule has 1 aliphatic carbocycles. The van der Waals surface area contributed by atoms with Crippen molar-refractivity contribution in [3.8, 4) is 5.88 Å². The number of pyridine rings is 1. The molecular weight excluding hydrogens is 230 g/mol. The van der Waals surface area contributed by atoms with Crippen LogP contribution in [0.5, 0.6) is 5.88 Å². The second kappa shape index (κ2) is 5.82. The van der Waals surface area contributed by atoms with Crippen LogP contribution in [0.15, 0.2) is 18.2 Å². The van der Waals surface area contributed by atoms with Crippen molar-refractivity contribution in [2.24, 2.45) is 11.8 Å². The number of nitrogens with two attached hydrogens (primary N) is 1. The molecule has 0 unspecified atom stereocenters. The van der Waals surface area contributed by atoms with Gasteiger partial charge in [0.1, 0.15) is 6.10 Å². The van der Waals surface area contributed by atoms with Crippen LogP contribution in [-0.4, -0.2) is 17.0 Å². The number of hydrazine groups is 1. The molecule has 1 saturated carbocycles. The first kappa shape index (κ1) is 12.8. The van der Waals surface area contributed by atoms with Crippen molar-refractivity contribution < 1.29 is 9.53 Å². The fourth-order valence-corrected chi connectivity index (χ4v) is 2.32. The number of carbonyl (C=O) groups excluding carboxylic acids is 1. The molecule has 5 nitrogen and oxygen atoms in total. The zero-order valence-electron chi connectivity index (χ0n) is 10.6. The van der Waals surface area contributed by atoms with Gasteiger partial charge in [-0.3, -0.25) is 10.2 Å². The normalized spacial score (nSPS) is 23.4. The van der Waals surface area contributed by atoms with E-state index in [0.29, 0.717) is 5.88 Å². The Morgan fingerprint density at radius 1 is 1.39 bits per heavy atom. The summed E-state index contributed by atoms with van der Waals surface area (Å²) in [5, 5.41) is 0. The summed E-state index contributed by atoms with van der Waals surface area (Å²) in [6, 6.07) is 5.74. The van der Waals surface area contributed by atoms with Gasteiger partial charge in [0.25, 0.3) is 0 Å². The molecule has 0 aromatic carbocycles. The van der Waals surface area contributed by atoms with Crippen molar-refractivity contribution in [3.05, 3.63) is 23.9 Å². The summed E-state index contributed by atoms with van der Waals surface area (Å²) in [6.45, 7) is 1.94. The van der Waals surface area contributed by atoms with Crippen LogP contribution in [0.1, 0.15) is 31.4 Å². The highest BCUT2D eigenvalue weighted by atomic mass is 16.5. The molecule has 0 spiro atoms. The Kier molecular flexibility index (Phi) is 4.15.